The quantitative estimate of drug-likeness (QED) is 0.466. The minimum Gasteiger partial charge on any atom is -0.448 e. The molecule has 0 aliphatic rings. The van der Waals surface area contributed by atoms with E-state index in [2.05, 4.69) is 6.92 Å². The van der Waals surface area contributed by atoms with Crippen LogP contribution in [0.5, 0.6) is 0 Å². The highest BCUT2D eigenvalue weighted by atomic mass is 19.4. The average molecular weight is 252 g/mol. The molecule has 2 nitrogen and oxygen atoms in total. The van der Waals surface area contributed by atoms with Crippen molar-refractivity contribution in [2.75, 3.05) is 6.44 Å². The second-order valence-electron chi connectivity index (χ2n) is 4.39. The highest BCUT2D eigenvalue weighted by molar-refractivity contribution is 6.58. The predicted molar refractivity (Wildman–Crippen MR) is 64.7 cm³/mol. The second kappa shape index (κ2) is 9.36. The molecule has 0 rings (SSSR count). The summed E-state index contributed by atoms with van der Waals surface area (Å²) in [6.45, 7) is -2.75. The summed E-state index contributed by atoms with van der Waals surface area (Å²) < 4.78 is 35.5. The van der Waals surface area contributed by atoms with Crippen LogP contribution in [-0.2, 0) is 4.79 Å². The number of unbranched alkanes of at least 4 members (excludes halogenated alkanes) is 6. The molecule has 0 aliphatic heterocycles. The molecule has 0 atom stereocenters. The first kappa shape index (κ1) is 16.3. The lowest BCUT2D eigenvalue weighted by Crippen LogP contribution is -2.37. The van der Waals surface area contributed by atoms with Crippen LogP contribution in [0.1, 0.15) is 58.3 Å². The Bertz CT molecular complexity index is 209. The van der Waals surface area contributed by atoms with Gasteiger partial charge in [-0.25, -0.2) is 0 Å². The summed E-state index contributed by atoms with van der Waals surface area (Å²) in [5.74, 6) is -0.488. The standard InChI is InChI=1S/C11H22BF3NO/c1-2-3-4-5-6-7-8-9-11(17)16-10-12(13,14)15/h2-10H2,1H3,(H,16,17)/q-1. The Balaban J connectivity index is 3.28. The molecule has 0 aromatic carbocycles. The van der Waals surface area contributed by atoms with Crippen LogP contribution < -0.4 is 5.32 Å². The van der Waals surface area contributed by atoms with E-state index in [1.807, 2.05) is 5.32 Å². The zero-order chi connectivity index (χ0) is 13.1. The molecular weight excluding hydrogens is 230 g/mol. The van der Waals surface area contributed by atoms with E-state index >= 15 is 0 Å². The van der Waals surface area contributed by atoms with Gasteiger partial charge in [0.25, 0.3) is 0 Å². The molecule has 6 heteroatoms. The summed E-state index contributed by atoms with van der Waals surface area (Å²) >= 11 is 0. The van der Waals surface area contributed by atoms with Crippen molar-refractivity contribution in [1.29, 1.82) is 0 Å². The summed E-state index contributed by atoms with van der Waals surface area (Å²) in [6, 6.07) is 0. The number of carbonyl (C=O) groups excluding carboxylic acids is 1. The van der Waals surface area contributed by atoms with Crippen LogP contribution in [0.2, 0.25) is 0 Å². The van der Waals surface area contributed by atoms with Gasteiger partial charge in [0, 0.05) is 6.42 Å². The maximum Gasteiger partial charge on any atom is 0.497 e. The number of nitrogens with one attached hydrogen (secondary N) is 1. The summed E-state index contributed by atoms with van der Waals surface area (Å²) in [4.78, 5) is 11.0. The van der Waals surface area contributed by atoms with Gasteiger partial charge >= 0.3 is 6.98 Å². The van der Waals surface area contributed by atoms with Crippen molar-refractivity contribution < 1.29 is 17.7 Å². The number of amides is 1. The van der Waals surface area contributed by atoms with E-state index in [-0.39, 0.29) is 6.42 Å². The van der Waals surface area contributed by atoms with E-state index < -0.39 is 19.3 Å². The third kappa shape index (κ3) is 13.3. The molecule has 0 aliphatic carbocycles. The molecule has 102 valence electrons. The molecule has 0 aromatic rings. The third-order valence-electron chi connectivity index (χ3n) is 2.54. The number of rotatable bonds is 10. The molecule has 17 heavy (non-hydrogen) atoms. The van der Waals surface area contributed by atoms with Crippen molar-refractivity contribution in [3.05, 3.63) is 0 Å². The Labute approximate surface area is 101 Å². The van der Waals surface area contributed by atoms with Gasteiger partial charge in [0.2, 0.25) is 5.91 Å². The van der Waals surface area contributed by atoms with Crippen LogP contribution >= 0.6 is 0 Å². The molecule has 0 aromatic heterocycles. The number of hydrogen-bond donors (Lipinski definition) is 1. The highest BCUT2D eigenvalue weighted by Crippen LogP contribution is 2.09. The van der Waals surface area contributed by atoms with Crippen molar-refractivity contribution in [1.82, 2.24) is 5.32 Å². The van der Waals surface area contributed by atoms with Gasteiger partial charge in [-0.3, -0.25) is 4.79 Å². The Morgan fingerprint density at radius 2 is 1.53 bits per heavy atom. The monoisotopic (exact) mass is 252 g/mol. The minimum atomic E-state index is -4.90. The Kier molecular flexibility index (Phi) is 8.99. The predicted octanol–water partition coefficient (Wildman–Crippen LogP) is 3.63. The molecule has 0 heterocycles. The van der Waals surface area contributed by atoms with Crippen molar-refractivity contribution in [2.45, 2.75) is 58.3 Å². The van der Waals surface area contributed by atoms with Gasteiger partial charge in [-0.15, -0.1) is 0 Å². The molecule has 0 bridgehead atoms. The summed E-state index contributed by atoms with van der Waals surface area (Å²) in [7, 11) is 0. The van der Waals surface area contributed by atoms with E-state index in [0.717, 1.165) is 19.3 Å². The van der Waals surface area contributed by atoms with Crippen LogP contribution in [0.25, 0.3) is 0 Å². The lowest BCUT2D eigenvalue weighted by molar-refractivity contribution is -0.121. The lowest BCUT2D eigenvalue weighted by Gasteiger charge is -2.14. The first-order valence-corrected chi connectivity index (χ1v) is 6.43. The summed E-state index contributed by atoms with van der Waals surface area (Å²) in [5, 5.41) is 1.90. The molecule has 0 fully saturated rings. The number of halogens is 3. The van der Waals surface area contributed by atoms with Crippen LogP contribution in [-0.4, -0.2) is 19.3 Å². The fourth-order valence-electron chi connectivity index (χ4n) is 1.56. The molecule has 0 spiro atoms. The van der Waals surface area contributed by atoms with Crippen LogP contribution in [0, 0.1) is 0 Å². The normalized spacial score (nSPS) is 11.5. The van der Waals surface area contributed by atoms with Gasteiger partial charge in [0.05, 0.1) is 0 Å². The Morgan fingerprint density at radius 3 is 2.06 bits per heavy atom. The first-order valence-electron chi connectivity index (χ1n) is 6.43. The third-order valence-corrected chi connectivity index (χ3v) is 2.54. The summed E-state index contributed by atoms with van der Waals surface area (Å²) in [6.07, 6.45) is 6.51. The van der Waals surface area contributed by atoms with Crippen molar-refractivity contribution in [3.8, 4) is 0 Å². The zero-order valence-electron chi connectivity index (χ0n) is 10.5. The Morgan fingerprint density at radius 1 is 1.00 bits per heavy atom. The second-order valence-corrected chi connectivity index (χ2v) is 4.39. The number of carbonyl (C=O) groups is 1. The van der Waals surface area contributed by atoms with E-state index in [4.69, 9.17) is 0 Å². The average Bonchev–Trinajstić information content (AvgIpc) is 2.24. The molecular formula is C11H22BF3NO-. The molecule has 0 unspecified atom stereocenters. The van der Waals surface area contributed by atoms with Crippen molar-refractivity contribution in [2.24, 2.45) is 0 Å². The maximum absolute atomic E-state index is 11.8. The largest absolute Gasteiger partial charge is 0.497 e. The summed E-state index contributed by atoms with van der Waals surface area (Å²) in [5.41, 5.74) is 0. The van der Waals surface area contributed by atoms with Gasteiger partial charge in [-0.2, -0.15) is 0 Å². The van der Waals surface area contributed by atoms with E-state index in [1.54, 1.807) is 0 Å². The SMILES string of the molecule is CCCCCCCCCC(=O)NC[B-](F)(F)F. The molecule has 0 radical (unpaired) electrons. The van der Waals surface area contributed by atoms with Crippen LogP contribution in [0.15, 0.2) is 0 Å². The first-order chi connectivity index (χ1) is 7.95. The van der Waals surface area contributed by atoms with E-state index in [0.29, 0.717) is 6.42 Å². The zero-order valence-corrected chi connectivity index (χ0v) is 10.5. The van der Waals surface area contributed by atoms with Gasteiger partial charge in [-0.05, 0) is 12.9 Å². The van der Waals surface area contributed by atoms with Crippen LogP contribution in [0.3, 0.4) is 0 Å². The molecule has 0 saturated carbocycles. The highest BCUT2D eigenvalue weighted by Gasteiger charge is 2.23. The maximum atomic E-state index is 11.8. The van der Waals surface area contributed by atoms with Gasteiger partial charge in [0.1, 0.15) is 0 Å². The molecule has 1 amide bonds. The van der Waals surface area contributed by atoms with Gasteiger partial charge in [0.15, 0.2) is 0 Å². The topological polar surface area (TPSA) is 29.1 Å². The van der Waals surface area contributed by atoms with Gasteiger partial charge < -0.3 is 18.3 Å². The smallest absolute Gasteiger partial charge is 0.448 e. The van der Waals surface area contributed by atoms with Crippen LogP contribution in [0.4, 0.5) is 12.9 Å². The number of hydrogen-bond acceptors (Lipinski definition) is 1. The Hall–Kier alpha value is -0.675. The fraction of sp³-hybridized carbons (Fsp3) is 0.909. The van der Waals surface area contributed by atoms with E-state index in [9.17, 15) is 17.7 Å². The van der Waals surface area contributed by atoms with Crippen molar-refractivity contribution in [3.63, 3.8) is 0 Å². The minimum absolute atomic E-state index is 0.208. The molecule has 0 saturated heterocycles. The van der Waals surface area contributed by atoms with Crippen molar-refractivity contribution >= 4 is 12.9 Å². The van der Waals surface area contributed by atoms with Gasteiger partial charge in [-0.1, -0.05) is 45.4 Å². The molecule has 1 N–H and O–H groups in total. The fourth-order valence-corrected chi connectivity index (χ4v) is 1.56. The van der Waals surface area contributed by atoms with E-state index in [1.165, 1.54) is 19.3 Å². The lowest BCUT2D eigenvalue weighted by atomic mass is 9.92.